The molecule has 0 radical (unpaired) electrons. The van der Waals surface area contributed by atoms with Crippen molar-refractivity contribution in [1.82, 2.24) is 5.43 Å². The lowest BCUT2D eigenvalue weighted by Gasteiger charge is -2.09. The summed E-state index contributed by atoms with van der Waals surface area (Å²) in [5, 5.41) is 4.09. The van der Waals surface area contributed by atoms with E-state index in [1.165, 1.54) is 5.57 Å². The van der Waals surface area contributed by atoms with Crippen LogP contribution < -0.4 is 10.2 Å². The van der Waals surface area contributed by atoms with Crippen LogP contribution in [0.15, 0.2) is 34.9 Å². The quantitative estimate of drug-likeness (QED) is 0.857. The first-order valence-electron chi connectivity index (χ1n) is 6.77. The molecule has 1 aromatic carbocycles. The second-order valence-corrected chi connectivity index (χ2v) is 5.19. The number of hydrogen-bond acceptors (Lipinski definition) is 3. The normalized spacial score (nSPS) is 16.1. The van der Waals surface area contributed by atoms with Gasteiger partial charge in [-0.3, -0.25) is 4.79 Å². The monoisotopic (exact) mass is 272 g/mol. The number of aryl methyl sites for hydroxylation is 2. The summed E-state index contributed by atoms with van der Waals surface area (Å²) in [6.45, 7) is 5.99. The summed E-state index contributed by atoms with van der Waals surface area (Å²) >= 11 is 0. The van der Waals surface area contributed by atoms with Crippen LogP contribution in [0.5, 0.6) is 5.75 Å². The van der Waals surface area contributed by atoms with Crippen molar-refractivity contribution in [3.63, 3.8) is 0 Å². The van der Waals surface area contributed by atoms with Crippen LogP contribution in [0.4, 0.5) is 0 Å². The first-order chi connectivity index (χ1) is 9.54. The lowest BCUT2D eigenvalue weighted by Crippen LogP contribution is -2.25. The van der Waals surface area contributed by atoms with E-state index in [-0.39, 0.29) is 12.5 Å². The van der Waals surface area contributed by atoms with E-state index in [1.807, 2.05) is 38.1 Å². The van der Waals surface area contributed by atoms with Crippen molar-refractivity contribution in [3.8, 4) is 5.75 Å². The lowest BCUT2D eigenvalue weighted by atomic mass is 10.1. The second kappa shape index (κ2) is 6.37. The first kappa shape index (κ1) is 14.3. The predicted molar refractivity (Wildman–Crippen MR) is 80.0 cm³/mol. The molecular formula is C16H20N2O2. The van der Waals surface area contributed by atoms with Crippen LogP contribution in [0.3, 0.4) is 0 Å². The van der Waals surface area contributed by atoms with Crippen molar-refractivity contribution >= 4 is 11.6 Å². The predicted octanol–water partition coefficient (Wildman–Crippen LogP) is 2.89. The second-order valence-electron chi connectivity index (χ2n) is 5.19. The number of ether oxygens (including phenoxy) is 1. The maximum absolute atomic E-state index is 11.7. The van der Waals surface area contributed by atoms with Gasteiger partial charge in [0.15, 0.2) is 6.61 Å². The number of allylic oxidation sites excluding steroid dienone is 2. The van der Waals surface area contributed by atoms with Gasteiger partial charge in [0.25, 0.3) is 5.91 Å². The summed E-state index contributed by atoms with van der Waals surface area (Å²) in [4.78, 5) is 11.7. The average Bonchev–Trinajstić information content (AvgIpc) is 2.83. The van der Waals surface area contributed by atoms with Crippen LogP contribution in [0, 0.1) is 13.8 Å². The minimum absolute atomic E-state index is 0.0240. The summed E-state index contributed by atoms with van der Waals surface area (Å²) in [6, 6.07) is 5.93. The van der Waals surface area contributed by atoms with Gasteiger partial charge in [0, 0.05) is 0 Å². The molecule has 0 aromatic heterocycles. The van der Waals surface area contributed by atoms with Gasteiger partial charge in [-0.2, -0.15) is 5.10 Å². The SMILES string of the molecule is CC1=C/C(=N/NC(=O)COc2cc(C)ccc2C)CC1. The van der Waals surface area contributed by atoms with Gasteiger partial charge in [0.1, 0.15) is 5.75 Å². The van der Waals surface area contributed by atoms with Crippen molar-refractivity contribution in [3.05, 3.63) is 41.0 Å². The Morgan fingerprint density at radius 2 is 2.10 bits per heavy atom. The maximum Gasteiger partial charge on any atom is 0.277 e. The largest absolute Gasteiger partial charge is 0.483 e. The molecule has 0 saturated heterocycles. The van der Waals surface area contributed by atoms with Gasteiger partial charge in [0.05, 0.1) is 5.71 Å². The number of hydrazone groups is 1. The highest BCUT2D eigenvalue weighted by Gasteiger charge is 2.08. The highest BCUT2D eigenvalue weighted by Crippen LogP contribution is 2.18. The number of nitrogens with zero attached hydrogens (tertiary/aromatic N) is 1. The fraction of sp³-hybridized carbons (Fsp3) is 0.375. The number of hydrogen-bond donors (Lipinski definition) is 1. The number of carbonyl (C=O) groups excluding carboxylic acids is 1. The molecule has 4 heteroatoms. The molecule has 0 spiro atoms. The Labute approximate surface area is 119 Å². The molecule has 0 fully saturated rings. The molecule has 1 aromatic rings. The van der Waals surface area contributed by atoms with Crippen LogP contribution in [-0.4, -0.2) is 18.2 Å². The number of nitrogens with one attached hydrogen (secondary N) is 1. The third-order valence-corrected chi connectivity index (χ3v) is 3.22. The molecule has 2 rings (SSSR count). The van der Waals surface area contributed by atoms with Gasteiger partial charge >= 0.3 is 0 Å². The van der Waals surface area contributed by atoms with Crippen molar-refractivity contribution in [1.29, 1.82) is 0 Å². The smallest absolute Gasteiger partial charge is 0.277 e. The minimum atomic E-state index is -0.239. The maximum atomic E-state index is 11.7. The van der Waals surface area contributed by atoms with E-state index in [2.05, 4.69) is 17.5 Å². The van der Waals surface area contributed by atoms with Crippen molar-refractivity contribution in [2.45, 2.75) is 33.6 Å². The summed E-state index contributed by atoms with van der Waals surface area (Å²) < 4.78 is 5.52. The number of amides is 1. The Morgan fingerprint density at radius 3 is 2.80 bits per heavy atom. The Balaban J connectivity index is 1.85. The topological polar surface area (TPSA) is 50.7 Å². The lowest BCUT2D eigenvalue weighted by molar-refractivity contribution is -0.123. The molecule has 0 saturated carbocycles. The number of benzene rings is 1. The molecule has 1 N–H and O–H groups in total. The van der Waals surface area contributed by atoms with Crippen LogP contribution >= 0.6 is 0 Å². The van der Waals surface area contributed by atoms with Crippen LogP contribution in [0.1, 0.15) is 30.9 Å². The van der Waals surface area contributed by atoms with Gasteiger partial charge in [-0.15, -0.1) is 0 Å². The zero-order valence-electron chi connectivity index (χ0n) is 12.2. The van der Waals surface area contributed by atoms with E-state index in [4.69, 9.17) is 4.74 Å². The standard InChI is InChI=1S/C16H20N2O2/c1-11-5-7-14(8-11)17-18-16(19)10-20-15-9-12(2)4-6-13(15)3/h4,6,8-9H,5,7,10H2,1-3H3,(H,18,19)/b17-14+. The molecule has 20 heavy (non-hydrogen) atoms. The summed E-state index contributed by atoms with van der Waals surface area (Å²) in [6.07, 6.45) is 3.92. The third-order valence-electron chi connectivity index (χ3n) is 3.22. The van der Waals surface area contributed by atoms with E-state index in [0.29, 0.717) is 0 Å². The van der Waals surface area contributed by atoms with E-state index in [9.17, 15) is 4.79 Å². The zero-order valence-corrected chi connectivity index (χ0v) is 12.2. The first-order valence-corrected chi connectivity index (χ1v) is 6.77. The zero-order chi connectivity index (χ0) is 14.5. The molecule has 0 bridgehead atoms. The van der Waals surface area contributed by atoms with E-state index in [1.54, 1.807) is 0 Å². The Morgan fingerprint density at radius 1 is 1.30 bits per heavy atom. The fourth-order valence-corrected chi connectivity index (χ4v) is 2.01. The molecular weight excluding hydrogens is 252 g/mol. The van der Waals surface area contributed by atoms with E-state index >= 15 is 0 Å². The molecule has 1 amide bonds. The Kier molecular flexibility index (Phi) is 4.56. The molecule has 0 atom stereocenters. The summed E-state index contributed by atoms with van der Waals surface area (Å²) in [7, 11) is 0. The third kappa shape index (κ3) is 3.95. The van der Waals surface area contributed by atoms with Gasteiger partial charge in [-0.1, -0.05) is 17.7 Å². The van der Waals surface area contributed by atoms with Gasteiger partial charge in [0.2, 0.25) is 0 Å². The highest BCUT2D eigenvalue weighted by molar-refractivity contribution is 5.98. The highest BCUT2D eigenvalue weighted by atomic mass is 16.5. The van der Waals surface area contributed by atoms with Crippen molar-refractivity contribution < 1.29 is 9.53 Å². The van der Waals surface area contributed by atoms with Gasteiger partial charge in [-0.05, 0) is 56.9 Å². The van der Waals surface area contributed by atoms with Gasteiger partial charge in [-0.25, -0.2) is 5.43 Å². The Bertz CT molecular complexity index is 574. The average molecular weight is 272 g/mol. The molecule has 0 heterocycles. The molecule has 1 aliphatic carbocycles. The van der Waals surface area contributed by atoms with Crippen LogP contribution in [-0.2, 0) is 4.79 Å². The summed E-state index contributed by atoms with van der Waals surface area (Å²) in [5.74, 6) is 0.501. The molecule has 106 valence electrons. The number of rotatable bonds is 4. The summed E-state index contributed by atoms with van der Waals surface area (Å²) in [5.41, 5.74) is 6.87. The van der Waals surface area contributed by atoms with Crippen LogP contribution in [0.25, 0.3) is 0 Å². The van der Waals surface area contributed by atoms with E-state index in [0.717, 1.165) is 35.4 Å². The molecule has 0 aliphatic heterocycles. The minimum Gasteiger partial charge on any atom is -0.483 e. The van der Waals surface area contributed by atoms with Crippen molar-refractivity contribution in [2.75, 3.05) is 6.61 Å². The molecule has 1 aliphatic rings. The van der Waals surface area contributed by atoms with Crippen LogP contribution in [0.2, 0.25) is 0 Å². The number of carbonyl (C=O) groups is 1. The molecule has 0 unspecified atom stereocenters. The Hall–Kier alpha value is -2.10. The van der Waals surface area contributed by atoms with Gasteiger partial charge < -0.3 is 4.74 Å². The molecule has 4 nitrogen and oxygen atoms in total. The van der Waals surface area contributed by atoms with Crippen molar-refractivity contribution in [2.24, 2.45) is 5.10 Å². The van der Waals surface area contributed by atoms with E-state index < -0.39 is 0 Å². The fourth-order valence-electron chi connectivity index (χ4n) is 2.01.